The molecule has 6 heteroatoms. The Morgan fingerprint density at radius 3 is 2.69 bits per heavy atom. The van der Waals surface area contributed by atoms with Gasteiger partial charge in [-0.15, -0.1) is 0 Å². The van der Waals surface area contributed by atoms with Crippen molar-refractivity contribution in [1.82, 2.24) is 4.57 Å². The molecule has 0 radical (unpaired) electrons. The molecule has 0 fully saturated rings. The van der Waals surface area contributed by atoms with E-state index in [0.717, 1.165) is 17.7 Å². The summed E-state index contributed by atoms with van der Waals surface area (Å²) in [5.74, 6) is -0.428. The van der Waals surface area contributed by atoms with Crippen LogP contribution in [0.4, 0.5) is 5.69 Å². The van der Waals surface area contributed by atoms with E-state index in [4.69, 9.17) is 4.74 Å². The van der Waals surface area contributed by atoms with Crippen molar-refractivity contribution in [3.8, 4) is 11.5 Å². The summed E-state index contributed by atoms with van der Waals surface area (Å²) in [4.78, 5) is 27.5. The first-order valence-electron chi connectivity index (χ1n) is 8.33. The van der Waals surface area contributed by atoms with E-state index in [9.17, 15) is 14.7 Å². The van der Waals surface area contributed by atoms with Gasteiger partial charge >= 0.3 is 0 Å². The van der Waals surface area contributed by atoms with Crippen LogP contribution >= 0.6 is 0 Å². The number of amides is 1. The Balaban J connectivity index is 1.95. The Hall–Kier alpha value is -3.28. The van der Waals surface area contributed by atoms with Crippen molar-refractivity contribution < 1.29 is 14.6 Å². The number of aryl methyl sites for hydroxylation is 1. The van der Waals surface area contributed by atoms with Crippen LogP contribution in [0, 0.1) is 0 Å². The standard InChI is InChI=1S/C20H18N2O4/c1-21-14-8-5-9-15(26-2)16(14)18(23)17(19(21)24)20(25)22-11-10-12-6-3-4-7-13(12)22/h3-9,23H,10-11H2,1-2H3. The van der Waals surface area contributed by atoms with E-state index in [1.165, 1.54) is 11.7 Å². The van der Waals surface area contributed by atoms with Gasteiger partial charge in [-0.05, 0) is 30.2 Å². The summed E-state index contributed by atoms with van der Waals surface area (Å²) in [6, 6.07) is 12.7. The van der Waals surface area contributed by atoms with Gasteiger partial charge in [-0.25, -0.2) is 0 Å². The minimum Gasteiger partial charge on any atom is -0.506 e. The van der Waals surface area contributed by atoms with Crippen molar-refractivity contribution in [3.05, 3.63) is 63.9 Å². The number of fused-ring (bicyclic) bond motifs is 2. The molecule has 1 N–H and O–H groups in total. The minimum atomic E-state index is -0.530. The molecule has 2 aromatic carbocycles. The van der Waals surface area contributed by atoms with E-state index < -0.39 is 11.5 Å². The fourth-order valence-electron chi connectivity index (χ4n) is 3.59. The number of carbonyl (C=O) groups excluding carboxylic acids is 1. The average Bonchev–Trinajstić information content (AvgIpc) is 3.09. The van der Waals surface area contributed by atoms with Crippen LogP contribution in [0.1, 0.15) is 15.9 Å². The van der Waals surface area contributed by atoms with Gasteiger partial charge in [0, 0.05) is 19.3 Å². The van der Waals surface area contributed by atoms with Gasteiger partial charge in [0.05, 0.1) is 18.0 Å². The predicted molar refractivity (Wildman–Crippen MR) is 99.2 cm³/mol. The molecule has 26 heavy (non-hydrogen) atoms. The summed E-state index contributed by atoms with van der Waals surface area (Å²) < 4.78 is 6.69. The molecule has 1 aliphatic rings. The molecule has 0 spiro atoms. The van der Waals surface area contributed by atoms with E-state index >= 15 is 0 Å². The van der Waals surface area contributed by atoms with E-state index in [2.05, 4.69) is 0 Å². The third kappa shape index (κ3) is 2.19. The number of para-hydroxylation sites is 1. The number of hydrogen-bond donors (Lipinski definition) is 1. The first-order chi connectivity index (χ1) is 12.5. The van der Waals surface area contributed by atoms with Crippen LogP contribution in [0.2, 0.25) is 0 Å². The zero-order valence-corrected chi connectivity index (χ0v) is 14.5. The minimum absolute atomic E-state index is 0.235. The second kappa shape index (κ2) is 5.91. The van der Waals surface area contributed by atoms with Crippen LogP contribution in [0.25, 0.3) is 10.9 Å². The van der Waals surface area contributed by atoms with Crippen molar-refractivity contribution in [2.24, 2.45) is 7.05 Å². The van der Waals surface area contributed by atoms with Crippen LogP contribution in [0.15, 0.2) is 47.3 Å². The Bertz CT molecular complexity index is 1100. The van der Waals surface area contributed by atoms with Crippen molar-refractivity contribution in [3.63, 3.8) is 0 Å². The first kappa shape index (κ1) is 16.2. The van der Waals surface area contributed by atoms with Gasteiger partial charge in [-0.3, -0.25) is 9.59 Å². The highest BCUT2D eigenvalue weighted by atomic mass is 16.5. The smallest absolute Gasteiger partial charge is 0.267 e. The van der Waals surface area contributed by atoms with Crippen LogP contribution in [0.3, 0.4) is 0 Å². The van der Waals surface area contributed by atoms with E-state index in [1.807, 2.05) is 24.3 Å². The van der Waals surface area contributed by atoms with Crippen molar-refractivity contribution in [2.75, 3.05) is 18.6 Å². The number of benzene rings is 2. The Kier molecular flexibility index (Phi) is 3.68. The third-order valence-electron chi connectivity index (χ3n) is 4.92. The average molecular weight is 350 g/mol. The first-order valence-corrected chi connectivity index (χ1v) is 8.33. The van der Waals surface area contributed by atoms with Gasteiger partial charge in [-0.2, -0.15) is 0 Å². The molecular formula is C20H18N2O4. The fourth-order valence-corrected chi connectivity index (χ4v) is 3.59. The van der Waals surface area contributed by atoms with Crippen molar-refractivity contribution in [2.45, 2.75) is 6.42 Å². The van der Waals surface area contributed by atoms with Crippen molar-refractivity contribution >= 4 is 22.5 Å². The van der Waals surface area contributed by atoms with Crippen LogP contribution in [0.5, 0.6) is 11.5 Å². The third-order valence-corrected chi connectivity index (χ3v) is 4.92. The molecule has 2 heterocycles. The maximum Gasteiger partial charge on any atom is 0.267 e. The molecule has 3 aromatic rings. The molecule has 0 unspecified atom stereocenters. The van der Waals surface area contributed by atoms with Crippen molar-refractivity contribution in [1.29, 1.82) is 0 Å². The molecule has 1 aromatic heterocycles. The van der Waals surface area contributed by atoms with Gasteiger partial charge in [-0.1, -0.05) is 24.3 Å². The Morgan fingerprint density at radius 2 is 1.92 bits per heavy atom. The van der Waals surface area contributed by atoms with Gasteiger partial charge < -0.3 is 19.3 Å². The topological polar surface area (TPSA) is 71.8 Å². The lowest BCUT2D eigenvalue weighted by atomic mass is 10.1. The second-order valence-corrected chi connectivity index (χ2v) is 6.28. The fraction of sp³-hybridized carbons (Fsp3) is 0.200. The van der Waals surface area contributed by atoms with E-state index in [-0.39, 0.29) is 11.3 Å². The summed E-state index contributed by atoms with van der Waals surface area (Å²) in [6.45, 7) is 0.477. The number of carbonyl (C=O) groups is 1. The number of aromatic hydroxyl groups is 1. The van der Waals surface area contributed by atoms with Gasteiger partial charge in [0.15, 0.2) is 0 Å². The van der Waals surface area contributed by atoms with Gasteiger partial charge in [0.2, 0.25) is 0 Å². The summed E-state index contributed by atoms with van der Waals surface area (Å²) in [5.41, 5.74) is 1.57. The summed E-state index contributed by atoms with van der Waals surface area (Å²) in [7, 11) is 3.07. The maximum atomic E-state index is 13.2. The number of aromatic nitrogens is 1. The molecule has 1 amide bonds. The van der Waals surface area contributed by atoms with Crippen LogP contribution in [-0.4, -0.2) is 29.2 Å². The highest BCUT2D eigenvalue weighted by Gasteiger charge is 2.31. The van der Waals surface area contributed by atoms with E-state index in [0.29, 0.717) is 23.2 Å². The molecule has 132 valence electrons. The number of hydrogen-bond acceptors (Lipinski definition) is 4. The molecule has 0 aliphatic carbocycles. The molecular weight excluding hydrogens is 332 g/mol. The molecule has 0 saturated heterocycles. The normalized spacial score (nSPS) is 13.1. The highest BCUT2D eigenvalue weighted by molar-refractivity contribution is 6.12. The molecule has 0 saturated carbocycles. The highest BCUT2D eigenvalue weighted by Crippen LogP contribution is 2.36. The number of ether oxygens (including phenoxy) is 1. The zero-order chi connectivity index (χ0) is 18.4. The SMILES string of the molecule is COc1cccc2c1c(O)c(C(=O)N1CCc3ccccc31)c(=O)n2C. The predicted octanol–water partition coefficient (Wildman–Crippen LogP) is 2.46. The quantitative estimate of drug-likeness (QED) is 0.771. The lowest BCUT2D eigenvalue weighted by molar-refractivity contribution is 0.0985. The Morgan fingerprint density at radius 1 is 1.15 bits per heavy atom. The summed E-state index contributed by atoms with van der Waals surface area (Å²) >= 11 is 0. The Labute approximate surface area is 149 Å². The lowest BCUT2D eigenvalue weighted by Gasteiger charge is -2.19. The molecule has 1 aliphatic heterocycles. The van der Waals surface area contributed by atoms with Crippen LogP contribution in [-0.2, 0) is 13.5 Å². The van der Waals surface area contributed by atoms with Gasteiger partial charge in [0.25, 0.3) is 11.5 Å². The largest absolute Gasteiger partial charge is 0.506 e. The lowest BCUT2D eigenvalue weighted by Crippen LogP contribution is -2.35. The van der Waals surface area contributed by atoms with E-state index in [1.54, 1.807) is 30.1 Å². The second-order valence-electron chi connectivity index (χ2n) is 6.28. The summed E-state index contributed by atoms with van der Waals surface area (Å²) in [6.07, 6.45) is 0.722. The number of anilines is 1. The summed E-state index contributed by atoms with van der Waals surface area (Å²) in [5, 5.41) is 11.2. The number of pyridine rings is 1. The molecule has 0 atom stereocenters. The maximum absolute atomic E-state index is 13.2. The zero-order valence-electron chi connectivity index (χ0n) is 14.5. The number of methoxy groups -OCH3 is 1. The molecule has 4 rings (SSSR count). The number of rotatable bonds is 2. The monoisotopic (exact) mass is 350 g/mol. The van der Waals surface area contributed by atoms with Crippen LogP contribution < -0.4 is 15.2 Å². The molecule has 6 nitrogen and oxygen atoms in total. The van der Waals surface area contributed by atoms with Gasteiger partial charge in [0.1, 0.15) is 17.1 Å². The molecule has 0 bridgehead atoms. The number of nitrogens with zero attached hydrogens (tertiary/aromatic N) is 2.